The standard InChI is InChI=1S/C10H10ClNO2/c11-10-4-3-9(14-10)7-12-6-8-2-1-5-13-8/h1-5,12H,6-7H2. The van der Waals surface area contributed by atoms with Crippen LogP contribution in [0.15, 0.2) is 39.4 Å². The van der Waals surface area contributed by atoms with E-state index in [0.717, 1.165) is 11.5 Å². The third-order valence-electron chi connectivity index (χ3n) is 1.81. The molecule has 0 unspecified atom stereocenters. The van der Waals surface area contributed by atoms with Gasteiger partial charge >= 0.3 is 0 Å². The molecule has 74 valence electrons. The lowest BCUT2D eigenvalue weighted by atomic mass is 10.4. The zero-order valence-corrected chi connectivity index (χ0v) is 8.25. The summed E-state index contributed by atoms with van der Waals surface area (Å²) in [6.45, 7) is 1.33. The molecule has 0 bridgehead atoms. The van der Waals surface area contributed by atoms with Gasteiger partial charge in [-0.1, -0.05) is 0 Å². The van der Waals surface area contributed by atoms with Crippen LogP contribution < -0.4 is 5.32 Å². The SMILES string of the molecule is Clc1ccc(CNCc2ccco2)o1. The van der Waals surface area contributed by atoms with Crippen molar-refractivity contribution in [2.45, 2.75) is 13.1 Å². The molecule has 2 aromatic heterocycles. The Labute approximate surface area is 86.7 Å². The second-order valence-electron chi connectivity index (χ2n) is 2.89. The molecule has 0 amide bonds. The number of nitrogens with one attached hydrogen (secondary N) is 1. The fourth-order valence-corrected chi connectivity index (χ4v) is 1.33. The molecule has 0 aromatic carbocycles. The minimum Gasteiger partial charge on any atom is -0.468 e. The Morgan fingerprint density at radius 3 is 2.64 bits per heavy atom. The highest BCUT2D eigenvalue weighted by atomic mass is 35.5. The van der Waals surface area contributed by atoms with Crippen LogP contribution in [-0.2, 0) is 13.1 Å². The third kappa shape index (κ3) is 2.40. The lowest BCUT2D eigenvalue weighted by Crippen LogP contribution is -2.11. The van der Waals surface area contributed by atoms with Crippen LogP contribution in [0.5, 0.6) is 0 Å². The maximum atomic E-state index is 5.63. The van der Waals surface area contributed by atoms with Gasteiger partial charge in [0.05, 0.1) is 19.4 Å². The first-order chi connectivity index (χ1) is 6.84. The van der Waals surface area contributed by atoms with Gasteiger partial charge in [-0.15, -0.1) is 0 Å². The van der Waals surface area contributed by atoms with Crippen LogP contribution in [0.1, 0.15) is 11.5 Å². The molecule has 2 heterocycles. The molecule has 0 radical (unpaired) electrons. The van der Waals surface area contributed by atoms with E-state index in [2.05, 4.69) is 5.32 Å². The predicted molar refractivity (Wildman–Crippen MR) is 53.0 cm³/mol. The van der Waals surface area contributed by atoms with E-state index < -0.39 is 0 Å². The van der Waals surface area contributed by atoms with Gasteiger partial charge < -0.3 is 14.2 Å². The van der Waals surface area contributed by atoms with Gasteiger partial charge in [-0.25, -0.2) is 0 Å². The van der Waals surface area contributed by atoms with Crippen molar-refractivity contribution in [1.29, 1.82) is 0 Å². The molecule has 1 N–H and O–H groups in total. The molecule has 2 rings (SSSR count). The Kier molecular flexibility index (Phi) is 2.91. The molecule has 0 aliphatic carbocycles. The second kappa shape index (κ2) is 4.35. The van der Waals surface area contributed by atoms with Crippen molar-refractivity contribution in [2.75, 3.05) is 0 Å². The zero-order valence-electron chi connectivity index (χ0n) is 7.50. The Hall–Kier alpha value is -1.19. The highest BCUT2D eigenvalue weighted by Gasteiger charge is 1.99. The van der Waals surface area contributed by atoms with Crippen LogP contribution in [-0.4, -0.2) is 0 Å². The summed E-state index contributed by atoms with van der Waals surface area (Å²) < 4.78 is 10.3. The van der Waals surface area contributed by atoms with E-state index in [9.17, 15) is 0 Å². The number of halogens is 1. The number of rotatable bonds is 4. The molecule has 14 heavy (non-hydrogen) atoms. The van der Waals surface area contributed by atoms with Crippen molar-refractivity contribution in [3.63, 3.8) is 0 Å². The largest absolute Gasteiger partial charge is 0.468 e. The lowest BCUT2D eigenvalue weighted by Gasteiger charge is -1.98. The maximum Gasteiger partial charge on any atom is 0.193 e. The first-order valence-corrected chi connectivity index (χ1v) is 4.70. The van der Waals surface area contributed by atoms with E-state index in [0.29, 0.717) is 18.3 Å². The predicted octanol–water partition coefficient (Wildman–Crippen LogP) is 2.82. The number of furan rings is 2. The summed E-state index contributed by atoms with van der Waals surface area (Å²) in [6.07, 6.45) is 1.65. The number of hydrogen-bond acceptors (Lipinski definition) is 3. The summed E-state index contributed by atoms with van der Waals surface area (Å²) >= 11 is 5.63. The smallest absolute Gasteiger partial charge is 0.193 e. The summed E-state index contributed by atoms with van der Waals surface area (Å²) in [5, 5.41) is 3.59. The van der Waals surface area contributed by atoms with E-state index in [1.54, 1.807) is 12.3 Å². The Bertz CT molecular complexity index is 380. The summed E-state index contributed by atoms with van der Waals surface area (Å²) in [6, 6.07) is 7.35. The fourth-order valence-electron chi connectivity index (χ4n) is 1.17. The van der Waals surface area contributed by atoms with Crippen LogP contribution in [0, 0.1) is 0 Å². The first-order valence-electron chi connectivity index (χ1n) is 4.32. The molecule has 4 heteroatoms. The van der Waals surface area contributed by atoms with Crippen LogP contribution in [0.2, 0.25) is 5.22 Å². The fraction of sp³-hybridized carbons (Fsp3) is 0.200. The van der Waals surface area contributed by atoms with Crippen molar-refractivity contribution >= 4 is 11.6 Å². The van der Waals surface area contributed by atoms with Gasteiger partial charge in [0.15, 0.2) is 5.22 Å². The summed E-state index contributed by atoms with van der Waals surface area (Å²) in [7, 11) is 0. The van der Waals surface area contributed by atoms with E-state index in [-0.39, 0.29) is 0 Å². The normalized spacial score (nSPS) is 10.6. The van der Waals surface area contributed by atoms with Gasteiger partial charge in [-0.2, -0.15) is 0 Å². The highest BCUT2D eigenvalue weighted by molar-refractivity contribution is 6.28. The van der Waals surface area contributed by atoms with E-state index >= 15 is 0 Å². The van der Waals surface area contributed by atoms with Gasteiger partial charge in [0.2, 0.25) is 0 Å². The molecular weight excluding hydrogens is 202 g/mol. The molecule has 3 nitrogen and oxygen atoms in total. The zero-order chi connectivity index (χ0) is 9.80. The minimum absolute atomic E-state index is 0.416. The van der Waals surface area contributed by atoms with Crippen LogP contribution in [0.4, 0.5) is 0 Å². The Morgan fingerprint density at radius 2 is 2.00 bits per heavy atom. The van der Waals surface area contributed by atoms with Crippen molar-refractivity contribution in [3.05, 3.63) is 47.3 Å². The molecule has 0 aliphatic rings. The van der Waals surface area contributed by atoms with Crippen LogP contribution >= 0.6 is 11.6 Å². The van der Waals surface area contributed by atoms with Crippen molar-refractivity contribution < 1.29 is 8.83 Å². The average molecular weight is 212 g/mol. The molecule has 0 saturated heterocycles. The lowest BCUT2D eigenvalue weighted by molar-refractivity contribution is 0.451. The van der Waals surface area contributed by atoms with Gasteiger partial charge in [-0.05, 0) is 35.9 Å². The van der Waals surface area contributed by atoms with Crippen molar-refractivity contribution in [3.8, 4) is 0 Å². The van der Waals surface area contributed by atoms with Crippen molar-refractivity contribution in [1.82, 2.24) is 5.32 Å². The quantitative estimate of drug-likeness (QED) is 0.845. The topological polar surface area (TPSA) is 38.3 Å². The van der Waals surface area contributed by atoms with Gasteiger partial charge in [-0.3, -0.25) is 0 Å². The maximum absolute atomic E-state index is 5.63. The third-order valence-corrected chi connectivity index (χ3v) is 2.01. The highest BCUT2D eigenvalue weighted by Crippen LogP contribution is 2.12. The molecule has 0 atom stereocenters. The van der Waals surface area contributed by atoms with Gasteiger partial charge in [0.25, 0.3) is 0 Å². The molecule has 0 spiro atoms. The van der Waals surface area contributed by atoms with E-state index in [4.69, 9.17) is 20.4 Å². The monoisotopic (exact) mass is 211 g/mol. The summed E-state index contributed by atoms with van der Waals surface area (Å²) in [5.74, 6) is 1.73. The van der Waals surface area contributed by atoms with E-state index in [1.807, 2.05) is 18.2 Å². The Morgan fingerprint density at radius 1 is 1.14 bits per heavy atom. The molecule has 2 aromatic rings. The van der Waals surface area contributed by atoms with Crippen LogP contribution in [0.3, 0.4) is 0 Å². The molecule has 0 saturated carbocycles. The number of hydrogen-bond donors (Lipinski definition) is 1. The molecule has 0 fully saturated rings. The Balaban J connectivity index is 1.78. The average Bonchev–Trinajstić information content (AvgIpc) is 2.77. The molecule has 0 aliphatic heterocycles. The van der Waals surface area contributed by atoms with Gasteiger partial charge in [0, 0.05) is 0 Å². The summed E-state index contributed by atoms with van der Waals surface area (Å²) in [4.78, 5) is 0. The second-order valence-corrected chi connectivity index (χ2v) is 3.26. The molecular formula is C10H10ClNO2. The van der Waals surface area contributed by atoms with Gasteiger partial charge in [0.1, 0.15) is 11.5 Å². The van der Waals surface area contributed by atoms with Crippen LogP contribution in [0.25, 0.3) is 0 Å². The first kappa shape index (κ1) is 9.37. The van der Waals surface area contributed by atoms with Crippen molar-refractivity contribution in [2.24, 2.45) is 0 Å². The summed E-state index contributed by atoms with van der Waals surface area (Å²) in [5.41, 5.74) is 0. The van der Waals surface area contributed by atoms with E-state index in [1.165, 1.54) is 0 Å². The minimum atomic E-state index is 0.416.